The highest BCUT2D eigenvalue weighted by atomic mass is 32.1. The first kappa shape index (κ1) is 23.4. The Labute approximate surface area is 189 Å². The maximum Gasteiger partial charge on any atom is 0.186 e. The Morgan fingerprint density at radius 2 is 1.17 bits per heavy atom. The second-order valence-electron chi connectivity index (χ2n) is 6.28. The molecule has 0 aliphatic rings. The van der Waals surface area contributed by atoms with Crippen molar-refractivity contribution >= 4 is 46.1 Å². The number of nitrogens with zero attached hydrogens (tertiary/aromatic N) is 2. The molecule has 2 rings (SSSR count). The number of benzene rings is 2. The highest BCUT2D eigenvalue weighted by Gasteiger charge is 2.16. The highest BCUT2D eigenvalue weighted by Crippen LogP contribution is 2.12. The van der Waals surface area contributed by atoms with Crippen molar-refractivity contribution in [1.29, 1.82) is 0 Å². The van der Waals surface area contributed by atoms with E-state index in [9.17, 15) is 0 Å². The average Bonchev–Trinajstić information content (AvgIpc) is 2.77. The molecule has 0 amide bonds. The first-order chi connectivity index (χ1) is 14.6. The summed E-state index contributed by atoms with van der Waals surface area (Å²) in [7, 11) is 0. The third-order valence-electron chi connectivity index (χ3n) is 4.12. The lowest BCUT2D eigenvalue weighted by molar-refractivity contribution is 0.897. The van der Waals surface area contributed by atoms with Crippen molar-refractivity contribution in [2.45, 2.75) is 27.2 Å². The van der Waals surface area contributed by atoms with Crippen LogP contribution in [-0.4, -0.2) is 34.7 Å². The second kappa shape index (κ2) is 12.7. The van der Waals surface area contributed by atoms with E-state index < -0.39 is 0 Å². The molecule has 0 heterocycles. The molecule has 30 heavy (non-hydrogen) atoms. The van der Waals surface area contributed by atoms with Crippen molar-refractivity contribution in [2.24, 2.45) is 10.2 Å². The largest absolute Gasteiger partial charge is 0.362 e. The van der Waals surface area contributed by atoms with Crippen LogP contribution in [0.5, 0.6) is 0 Å². The molecule has 0 aliphatic carbocycles. The van der Waals surface area contributed by atoms with Gasteiger partial charge in [-0.05, 0) is 50.3 Å². The number of hydrogen-bond donors (Lipinski definition) is 4. The quantitative estimate of drug-likeness (QED) is 0.287. The van der Waals surface area contributed by atoms with Gasteiger partial charge in [0.25, 0.3) is 0 Å². The SMILES string of the molecule is CCNC(=S)NN=C(C(=NNC(=S)NCC)c1ccc(CC)cc1)c1ccccc1. The van der Waals surface area contributed by atoms with Gasteiger partial charge in [-0.15, -0.1) is 0 Å². The number of hydrogen-bond acceptors (Lipinski definition) is 4. The minimum atomic E-state index is 0.447. The number of rotatable bonds is 8. The fourth-order valence-corrected chi connectivity index (χ4v) is 3.00. The van der Waals surface area contributed by atoms with Gasteiger partial charge in [-0.3, -0.25) is 10.9 Å². The minimum absolute atomic E-state index is 0.447. The van der Waals surface area contributed by atoms with Gasteiger partial charge in [0.2, 0.25) is 0 Å². The van der Waals surface area contributed by atoms with Crippen molar-refractivity contribution in [3.05, 3.63) is 71.3 Å². The molecular formula is C22H28N6S2. The molecule has 6 nitrogen and oxygen atoms in total. The number of thiocarbonyl (C=S) groups is 2. The molecule has 158 valence electrons. The van der Waals surface area contributed by atoms with Crippen molar-refractivity contribution < 1.29 is 0 Å². The maximum atomic E-state index is 5.29. The molecule has 0 bridgehead atoms. The van der Waals surface area contributed by atoms with Crippen molar-refractivity contribution in [1.82, 2.24) is 21.5 Å². The van der Waals surface area contributed by atoms with Crippen molar-refractivity contribution in [2.75, 3.05) is 13.1 Å². The van der Waals surface area contributed by atoms with E-state index >= 15 is 0 Å². The fourth-order valence-electron chi connectivity index (χ4n) is 2.62. The summed E-state index contributed by atoms with van der Waals surface area (Å²) in [6.45, 7) is 7.50. The molecular weight excluding hydrogens is 412 g/mol. The molecule has 8 heteroatoms. The average molecular weight is 441 g/mol. The van der Waals surface area contributed by atoms with Gasteiger partial charge in [0, 0.05) is 24.2 Å². The molecule has 0 aromatic heterocycles. The molecule has 0 spiro atoms. The van der Waals surface area contributed by atoms with E-state index in [4.69, 9.17) is 24.4 Å². The van der Waals surface area contributed by atoms with Crippen LogP contribution in [0.1, 0.15) is 37.5 Å². The van der Waals surface area contributed by atoms with Crippen LogP contribution in [0.15, 0.2) is 64.8 Å². The Morgan fingerprint density at radius 3 is 1.60 bits per heavy atom. The summed E-state index contributed by atoms with van der Waals surface area (Å²) in [5.41, 5.74) is 10.2. The second-order valence-corrected chi connectivity index (χ2v) is 7.10. The highest BCUT2D eigenvalue weighted by molar-refractivity contribution is 7.80. The van der Waals surface area contributed by atoms with Crippen LogP contribution < -0.4 is 21.5 Å². The van der Waals surface area contributed by atoms with Gasteiger partial charge < -0.3 is 10.6 Å². The van der Waals surface area contributed by atoms with E-state index in [0.29, 0.717) is 34.7 Å². The van der Waals surface area contributed by atoms with Crippen LogP contribution in [0.4, 0.5) is 0 Å². The predicted octanol–water partition coefficient (Wildman–Crippen LogP) is 3.33. The smallest absolute Gasteiger partial charge is 0.186 e. The van der Waals surface area contributed by atoms with E-state index in [1.54, 1.807) is 0 Å². The fraction of sp³-hybridized carbons (Fsp3) is 0.273. The van der Waals surface area contributed by atoms with E-state index in [1.165, 1.54) is 5.56 Å². The monoisotopic (exact) mass is 440 g/mol. The van der Waals surface area contributed by atoms with Gasteiger partial charge in [0.05, 0.1) is 0 Å². The van der Waals surface area contributed by atoms with Gasteiger partial charge >= 0.3 is 0 Å². The van der Waals surface area contributed by atoms with Gasteiger partial charge in [-0.2, -0.15) is 10.2 Å². The molecule has 2 aromatic carbocycles. The predicted molar refractivity (Wildman–Crippen MR) is 134 cm³/mol. The summed E-state index contributed by atoms with van der Waals surface area (Å²) in [6, 6.07) is 18.1. The van der Waals surface area contributed by atoms with E-state index in [-0.39, 0.29) is 0 Å². The third-order valence-corrected chi connectivity index (χ3v) is 4.59. The molecule has 0 saturated carbocycles. The first-order valence-corrected chi connectivity index (χ1v) is 10.8. The van der Waals surface area contributed by atoms with Crippen LogP contribution in [0, 0.1) is 0 Å². The summed E-state index contributed by atoms with van der Waals surface area (Å²) >= 11 is 10.6. The lowest BCUT2D eigenvalue weighted by atomic mass is 9.98. The zero-order valence-electron chi connectivity index (χ0n) is 17.5. The molecule has 0 radical (unpaired) electrons. The zero-order valence-corrected chi connectivity index (χ0v) is 19.2. The molecule has 0 fully saturated rings. The topological polar surface area (TPSA) is 72.8 Å². The Hall–Kier alpha value is -2.84. The Bertz CT molecular complexity index is 892. The van der Waals surface area contributed by atoms with Gasteiger partial charge in [0.1, 0.15) is 11.4 Å². The summed E-state index contributed by atoms with van der Waals surface area (Å²) in [6.07, 6.45) is 0.966. The van der Waals surface area contributed by atoms with E-state index in [0.717, 1.165) is 17.5 Å². The number of nitrogens with one attached hydrogen (secondary N) is 4. The van der Waals surface area contributed by atoms with Crippen LogP contribution in [0.2, 0.25) is 0 Å². The van der Waals surface area contributed by atoms with Crippen molar-refractivity contribution in [3.63, 3.8) is 0 Å². The van der Waals surface area contributed by atoms with E-state index in [1.807, 2.05) is 56.3 Å². The summed E-state index contributed by atoms with van der Waals surface area (Å²) in [5, 5.41) is 16.2. The lowest BCUT2D eigenvalue weighted by Crippen LogP contribution is -2.35. The van der Waals surface area contributed by atoms with Crippen LogP contribution in [0.3, 0.4) is 0 Å². The van der Waals surface area contributed by atoms with Crippen LogP contribution in [0.25, 0.3) is 0 Å². The molecule has 4 N–H and O–H groups in total. The molecule has 0 saturated heterocycles. The maximum absolute atomic E-state index is 5.29. The molecule has 0 aliphatic heterocycles. The Morgan fingerprint density at radius 1 is 0.700 bits per heavy atom. The molecule has 2 aromatic rings. The summed E-state index contributed by atoms with van der Waals surface area (Å²) in [4.78, 5) is 0. The van der Waals surface area contributed by atoms with E-state index in [2.05, 4.69) is 50.7 Å². The molecule has 0 atom stereocenters. The van der Waals surface area contributed by atoms with Gasteiger partial charge in [-0.1, -0.05) is 61.5 Å². The first-order valence-electron chi connectivity index (χ1n) is 9.97. The number of hydrazone groups is 2. The summed E-state index contributed by atoms with van der Waals surface area (Å²) in [5.74, 6) is 0. The van der Waals surface area contributed by atoms with Crippen LogP contribution in [-0.2, 0) is 6.42 Å². The standard InChI is InChI=1S/C22H28N6S2/c1-4-16-12-14-18(15-13-16)20(26-28-22(30)24-6-3)19(17-10-8-7-9-11-17)25-27-21(29)23-5-2/h7-15H,4-6H2,1-3H3,(H2,23,27,29)(H2,24,28,30). The van der Waals surface area contributed by atoms with Crippen molar-refractivity contribution in [3.8, 4) is 0 Å². The minimum Gasteiger partial charge on any atom is -0.362 e. The third kappa shape index (κ3) is 7.20. The van der Waals surface area contributed by atoms with Gasteiger partial charge in [-0.25, -0.2) is 0 Å². The lowest BCUT2D eigenvalue weighted by Gasteiger charge is -2.14. The Kier molecular flexibility index (Phi) is 9.90. The number of aryl methyl sites for hydroxylation is 1. The van der Waals surface area contributed by atoms with Gasteiger partial charge in [0.15, 0.2) is 10.2 Å². The molecule has 0 unspecified atom stereocenters. The Balaban J connectivity index is 2.52. The zero-order chi connectivity index (χ0) is 21.8. The summed E-state index contributed by atoms with van der Waals surface area (Å²) < 4.78 is 0. The van der Waals surface area contributed by atoms with Crippen LogP contribution >= 0.6 is 24.4 Å². The normalized spacial score (nSPS) is 11.6.